The summed E-state index contributed by atoms with van der Waals surface area (Å²) in [6.07, 6.45) is 2.29. The fraction of sp³-hybridized carbons (Fsp3) is 0.300. The van der Waals surface area contributed by atoms with Gasteiger partial charge in [-0.3, -0.25) is 0 Å². The van der Waals surface area contributed by atoms with E-state index < -0.39 is 0 Å². The Hall–Kier alpha value is -2.62. The minimum Gasteiger partial charge on any atom is -0.418 e. The molecule has 0 N–H and O–H groups in total. The first-order chi connectivity index (χ1) is 11.7. The van der Waals surface area contributed by atoms with Crippen LogP contribution in [0.3, 0.4) is 0 Å². The molecule has 4 nitrogen and oxygen atoms in total. The maximum atomic E-state index is 5.98. The number of nitrogens with zero attached hydrogens (tertiary/aromatic N) is 3. The summed E-state index contributed by atoms with van der Waals surface area (Å²) in [5.74, 6) is 1.25. The molecule has 122 valence electrons. The first-order valence-electron chi connectivity index (χ1n) is 8.47. The van der Waals surface area contributed by atoms with Gasteiger partial charge in [-0.15, -0.1) is 10.2 Å². The Kier molecular flexibility index (Phi) is 3.81. The number of rotatable bonds is 3. The van der Waals surface area contributed by atoms with E-state index in [9.17, 15) is 0 Å². The third-order valence-corrected chi connectivity index (χ3v) is 4.71. The van der Waals surface area contributed by atoms with E-state index in [2.05, 4.69) is 65.3 Å². The monoisotopic (exact) mass is 319 g/mol. The summed E-state index contributed by atoms with van der Waals surface area (Å²) >= 11 is 0. The normalized spacial score (nSPS) is 15.2. The number of aromatic nitrogens is 2. The van der Waals surface area contributed by atoms with Gasteiger partial charge in [-0.05, 0) is 50.5 Å². The number of hydrogen-bond acceptors (Lipinski definition) is 4. The third kappa shape index (κ3) is 2.68. The SMILES string of the molecule is Cc1ccc(-c2nnc([C@@H](C)N3CCCc4ccccc43)o2)cc1. The molecule has 1 aromatic heterocycles. The highest BCUT2D eigenvalue weighted by molar-refractivity contribution is 5.57. The molecular weight excluding hydrogens is 298 g/mol. The van der Waals surface area contributed by atoms with Crippen LogP contribution >= 0.6 is 0 Å². The second-order valence-electron chi connectivity index (χ2n) is 6.41. The van der Waals surface area contributed by atoms with Crippen LogP contribution in [-0.4, -0.2) is 16.7 Å². The Morgan fingerprint density at radius 3 is 2.67 bits per heavy atom. The molecule has 2 heterocycles. The van der Waals surface area contributed by atoms with Crippen LogP contribution in [0.1, 0.15) is 36.4 Å². The molecule has 0 aliphatic carbocycles. The molecular formula is C20H21N3O. The Morgan fingerprint density at radius 2 is 1.83 bits per heavy atom. The highest BCUT2D eigenvalue weighted by atomic mass is 16.4. The summed E-state index contributed by atoms with van der Waals surface area (Å²) in [6, 6.07) is 16.8. The lowest BCUT2D eigenvalue weighted by atomic mass is 10.0. The van der Waals surface area contributed by atoms with Crippen LogP contribution in [0, 0.1) is 6.92 Å². The largest absolute Gasteiger partial charge is 0.418 e. The summed E-state index contributed by atoms with van der Waals surface area (Å²) in [7, 11) is 0. The van der Waals surface area contributed by atoms with Gasteiger partial charge in [0.25, 0.3) is 0 Å². The van der Waals surface area contributed by atoms with E-state index in [0.29, 0.717) is 11.8 Å². The fourth-order valence-corrected chi connectivity index (χ4v) is 3.31. The molecule has 0 unspecified atom stereocenters. The lowest BCUT2D eigenvalue weighted by Gasteiger charge is -2.34. The minimum absolute atomic E-state index is 0.0677. The summed E-state index contributed by atoms with van der Waals surface area (Å²) < 4.78 is 5.98. The van der Waals surface area contributed by atoms with E-state index in [0.717, 1.165) is 24.9 Å². The fourth-order valence-electron chi connectivity index (χ4n) is 3.31. The van der Waals surface area contributed by atoms with Crippen molar-refractivity contribution in [3.8, 4) is 11.5 Å². The molecule has 4 rings (SSSR count). The Labute approximate surface area is 142 Å². The van der Waals surface area contributed by atoms with E-state index >= 15 is 0 Å². The minimum atomic E-state index is 0.0677. The molecule has 3 aromatic rings. The second kappa shape index (κ2) is 6.11. The van der Waals surface area contributed by atoms with Crippen LogP contribution in [0.5, 0.6) is 0 Å². The van der Waals surface area contributed by atoms with Crippen molar-refractivity contribution in [1.82, 2.24) is 10.2 Å². The van der Waals surface area contributed by atoms with Crippen molar-refractivity contribution >= 4 is 5.69 Å². The zero-order chi connectivity index (χ0) is 16.5. The van der Waals surface area contributed by atoms with Crippen LogP contribution in [0.4, 0.5) is 5.69 Å². The lowest BCUT2D eigenvalue weighted by Crippen LogP contribution is -2.32. The summed E-state index contributed by atoms with van der Waals surface area (Å²) in [6.45, 7) is 5.22. The number of hydrogen-bond donors (Lipinski definition) is 0. The van der Waals surface area contributed by atoms with Gasteiger partial charge in [0.2, 0.25) is 11.8 Å². The summed E-state index contributed by atoms with van der Waals surface area (Å²) in [5, 5.41) is 8.55. The molecule has 24 heavy (non-hydrogen) atoms. The Bertz CT molecular complexity index is 838. The van der Waals surface area contributed by atoms with Gasteiger partial charge in [0.05, 0.1) is 0 Å². The van der Waals surface area contributed by atoms with Gasteiger partial charge in [0.1, 0.15) is 6.04 Å². The third-order valence-electron chi connectivity index (χ3n) is 4.71. The molecule has 1 atom stereocenters. The van der Waals surface area contributed by atoms with Crippen LogP contribution in [-0.2, 0) is 6.42 Å². The number of anilines is 1. The van der Waals surface area contributed by atoms with Crippen molar-refractivity contribution in [2.24, 2.45) is 0 Å². The van der Waals surface area contributed by atoms with E-state index in [1.807, 2.05) is 12.1 Å². The van der Waals surface area contributed by atoms with Gasteiger partial charge in [-0.2, -0.15) is 0 Å². The zero-order valence-corrected chi connectivity index (χ0v) is 14.1. The number of benzene rings is 2. The van der Waals surface area contributed by atoms with Crippen molar-refractivity contribution in [2.75, 3.05) is 11.4 Å². The smallest absolute Gasteiger partial charge is 0.247 e. The zero-order valence-electron chi connectivity index (χ0n) is 14.1. The molecule has 0 fully saturated rings. The average molecular weight is 319 g/mol. The van der Waals surface area contributed by atoms with Gasteiger partial charge in [-0.1, -0.05) is 35.9 Å². The van der Waals surface area contributed by atoms with Crippen molar-refractivity contribution in [3.63, 3.8) is 0 Å². The average Bonchev–Trinajstić information content (AvgIpc) is 3.11. The number of fused-ring (bicyclic) bond motifs is 1. The molecule has 4 heteroatoms. The van der Waals surface area contributed by atoms with Crippen LogP contribution in [0.2, 0.25) is 0 Å². The predicted molar refractivity (Wildman–Crippen MR) is 95.0 cm³/mol. The highest BCUT2D eigenvalue weighted by Crippen LogP contribution is 2.34. The molecule has 0 radical (unpaired) electrons. The summed E-state index contributed by atoms with van der Waals surface area (Å²) in [4.78, 5) is 2.37. The second-order valence-corrected chi connectivity index (χ2v) is 6.41. The van der Waals surface area contributed by atoms with Crippen molar-refractivity contribution in [3.05, 3.63) is 65.5 Å². The van der Waals surface area contributed by atoms with Crippen molar-refractivity contribution in [2.45, 2.75) is 32.7 Å². The molecule has 0 saturated heterocycles. The van der Waals surface area contributed by atoms with Gasteiger partial charge in [-0.25, -0.2) is 0 Å². The predicted octanol–water partition coefficient (Wildman–Crippen LogP) is 4.56. The van der Waals surface area contributed by atoms with E-state index in [1.165, 1.54) is 16.8 Å². The molecule has 0 saturated carbocycles. The first kappa shape index (κ1) is 14.9. The van der Waals surface area contributed by atoms with E-state index in [-0.39, 0.29) is 6.04 Å². The van der Waals surface area contributed by atoms with E-state index in [4.69, 9.17) is 4.42 Å². The first-order valence-corrected chi connectivity index (χ1v) is 8.47. The molecule has 1 aliphatic rings. The van der Waals surface area contributed by atoms with Gasteiger partial charge in [0, 0.05) is 17.8 Å². The van der Waals surface area contributed by atoms with E-state index in [1.54, 1.807) is 0 Å². The molecule has 0 amide bonds. The number of aryl methyl sites for hydroxylation is 2. The maximum Gasteiger partial charge on any atom is 0.247 e. The van der Waals surface area contributed by atoms with Gasteiger partial charge < -0.3 is 9.32 Å². The molecule has 0 spiro atoms. The van der Waals surface area contributed by atoms with Crippen LogP contribution in [0.25, 0.3) is 11.5 Å². The topological polar surface area (TPSA) is 42.2 Å². The Morgan fingerprint density at radius 1 is 1.04 bits per heavy atom. The van der Waals surface area contributed by atoms with Crippen molar-refractivity contribution < 1.29 is 4.42 Å². The van der Waals surface area contributed by atoms with Gasteiger partial charge >= 0.3 is 0 Å². The summed E-state index contributed by atoms with van der Waals surface area (Å²) in [5.41, 5.74) is 4.86. The number of para-hydroxylation sites is 1. The Balaban J connectivity index is 1.62. The highest BCUT2D eigenvalue weighted by Gasteiger charge is 2.26. The molecule has 0 bridgehead atoms. The molecule has 1 aliphatic heterocycles. The van der Waals surface area contributed by atoms with Crippen LogP contribution < -0.4 is 4.90 Å². The van der Waals surface area contributed by atoms with Crippen molar-refractivity contribution in [1.29, 1.82) is 0 Å². The molecule has 2 aromatic carbocycles. The standard InChI is InChI=1S/C20H21N3O/c1-14-9-11-17(12-10-14)20-22-21-19(24-20)15(2)23-13-5-7-16-6-3-4-8-18(16)23/h3-4,6,8-12,15H,5,7,13H2,1-2H3/t15-/m1/s1. The van der Waals surface area contributed by atoms with Crippen LogP contribution in [0.15, 0.2) is 52.9 Å². The maximum absolute atomic E-state index is 5.98. The van der Waals surface area contributed by atoms with Gasteiger partial charge in [0.15, 0.2) is 0 Å². The lowest BCUT2D eigenvalue weighted by molar-refractivity contribution is 0.449. The quantitative estimate of drug-likeness (QED) is 0.710.